The second-order valence-corrected chi connectivity index (χ2v) is 6.37. The minimum absolute atomic E-state index is 0.142. The van der Waals surface area contributed by atoms with Crippen LogP contribution in [-0.4, -0.2) is 29.3 Å². The number of hydrogen-bond donors (Lipinski definition) is 1. The topological polar surface area (TPSA) is 57.4 Å². The highest BCUT2D eigenvalue weighted by Crippen LogP contribution is 2.30. The number of hydrogen-bond acceptors (Lipinski definition) is 4. The van der Waals surface area contributed by atoms with E-state index in [1.807, 2.05) is 0 Å². The smallest absolute Gasteiger partial charge is 0.224 e. The minimum atomic E-state index is 0.142. The van der Waals surface area contributed by atoms with Gasteiger partial charge in [-0.05, 0) is 50.2 Å². The average molecular weight is 306 g/mol. The number of nitrogens with zero attached hydrogens (tertiary/aromatic N) is 1. The molecule has 0 radical (unpaired) electrons. The highest BCUT2D eigenvalue weighted by molar-refractivity contribution is 7.80. The van der Waals surface area contributed by atoms with Crippen molar-refractivity contribution in [2.24, 2.45) is 5.73 Å². The molecule has 1 saturated carbocycles. The van der Waals surface area contributed by atoms with E-state index in [0.717, 1.165) is 56.2 Å². The molecule has 21 heavy (non-hydrogen) atoms. The summed E-state index contributed by atoms with van der Waals surface area (Å²) in [6.07, 6.45) is 7.84. The van der Waals surface area contributed by atoms with Crippen LogP contribution in [0.1, 0.15) is 48.9 Å². The fourth-order valence-corrected chi connectivity index (χ4v) is 3.45. The summed E-state index contributed by atoms with van der Waals surface area (Å²) in [5.74, 6) is 0.616. The van der Waals surface area contributed by atoms with Gasteiger partial charge in [-0.2, -0.15) is 0 Å². The maximum absolute atomic E-state index is 6.15. The first-order chi connectivity index (χ1) is 10.2. The van der Waals surface area contributed by atoms with Crippen LogP contribution in [0, 0.1) is 0 Å². The number of ether oxygens (including phenoxy) is 2. The zero-order chi connectivity index (χ0) is 14.8. The highest BCUT2D eigenvalue weighted by Gasteiger charge is 2.26. The van der Waals surface area contributed by atoms with Crippen LogP contribution >= 0.6 is 12.2 Å². The first-order valence-corrected chi connectivity index (χ1v) is 8.10. The van der Waals surface area contributed by atoms with Gasteiger partial charge in [0.25, 0.3) is 0 Å². The lowest BCUT2D eigenvalue weighted by Crippen LogP contribution is -2.30. The molecule has 114 valence electrons. The van der Waals surface area contributed by atoms with Crippen LogP contribution < -0.4 is 10.5 Å². The molecule has 0 amide bonds. The van der Waals surface area contributed by atoms with Crippen LogP contribution in [0.3, 0.4) is 0 Å². The van der Waals surface area contributed by atoms with Crippen LogP contribution in [0.25, 0.3) is 0 Å². The molecule has 0 aliphatic heterocycles. The Labute approximate surface area is 131 Å². The lowest BCUT2D eigenvalue weighted by molar-refractivity contribution is 0.0194. The Morgan fingerprint density at radius 1 is 1.29 bits per heavy atom. The Hall–Kier alpha value is -1.20. The van der Waals surface area contributed by atoms with Gasteiger partial charge >= 0.3 is 0 Å². The normalized spacial score (nSPS) is 24.6. The molecule has 1 aromatic heterocycles. The maximum atomic E-state index is 6.15. The van der Waals surface area contributed by atoms with Crippen molar-refractivity contribution in [2.45, 2.75) is 57.2 Å². The third kappa shape index (κ3) is 3.19. The summed E-state index contributed by atoms with van der Waals surface area (Å²) in [6.45, 7) is 0. The molecule has 2 N–H and O–H groups in total. The highest BCUT2D eigenvalue weighted by atomic mass is 32.1. The van der Waals surface area contributed by atoms with Gasteiger partial charge in [0, 0.05) is 19.2 Å². The molecular weight excluding hydrogens is 284 g/mol. The fraction of sp³-hybridized carbons (Fsp3) is 0.625. The van der Waals surface area contributed by atoms with Crippen molar-refractivity contribution in [3.8, 4) is 5.88 Å². The molecule has 0 bridgehead atoms. The molecule has 3 rings (SSSR count). The SMILES string of the molecule is COC1CCCC(Oc2nc3c(cc2C(N)=S)CCC3)C1. The molecule has 4 nitrogen and oxygen atoms in total. The number of thiocarbonyl (C=S) groups is 1. The Kier molecular flexibility index (Phi) is 4.40. The fourth-order valence-electron chi connectivity index (χ4n) is 3.30. The van der Waals surface area contributed by atoms with Crippen molar-refractivity contribution in [1.29, 1.82) is 0 Å². The van der Waals surface area contributed by atoms with Crippen molar-refractivity contribution in [3.63, 3.8) is 0 Å². The van der Waals surface area contributed by atoms with Crippen molar-refractivity contribution < 1.29 is 9.47 Å². The zero-order valence-corrected chi connectivity index (χ0v) is 13.2. The summed E-state index contributed by atoms with van der Waals surface area (Å²) in [6, 6.07) is 2.07. The van der Waals surface area contributed by atoms with Crippen molar-refractivity contribution in [1.82, 2.24) is 4.98 Å². The van der Waals surface area contributed by atoms with Crippen molar-refractivity contribution in [3.05, 3.63) is 22.9 Å². The molecule has 0 spiro atoms. The van der Waals surface area contributed by atoms with E-state index in [0.29, 0.717) is 10.9 Å². The third-order valence-electron chi connectivity index (χ3n) is 4.47. The summed E-state index contributed by atoms with van der Waals surface area (Å²) in [4.78, 5) is 5.06. The molecule has 0 saturated heterocycles. The predicted molar refractivity (Wildman–Crippen MR) is 85.8 cm³/mol. The zero-order valence-electron chi connectivity index (χ0n) is 12.4. The van der Waals surface area contributed by atoms with Gasteiger partial charge in [-0.1, -0.05) is 12.2 Å². The molecule has 5 heteroatoms. The molecule has 1 heterocycles. The van der Waals surface area contributed by atoms with E-state index >= 15 is 0 Å². The summed E-state index contributed by atoms with van der Waals surface area (Å²) < 4.78 is 11.6. The van der Waals surface area contributed by atoms with E-state index in [1.54, 1.807) is 7.11 Å². The van der Waals surface area contributed by atoms with Gasteiger partial charge in [0.1, 0.15) is 11.1 Å². The number of rotatable bonds is 4. The first kappa shape index (κ1) is 14.7. The quantitative estimate of drug-likeness (QED) is 0.866. The second-order valence-electron chi connectivity index (χ2n) is 5.93. The van der Waals surface area contributed by atoms with E-state index in [4.69, 9.17) is 27.4 Å². The number of fused-ring (bicyclic) bond motifs is 1. The Bertz CT molecular complexity index is 547. The van der Waals surface area contributed by atoms with Crippen LogP contribution in [0.4, 0.5) is 0 Å². The van der Waals surface area contributed by atoms with Gasteiger partial charge in [-0.15, -0.1) is 0 Å². The van der Waals surface area contributed by atoms with E-state index in [-0.39, 0.29) is 12.2 Å². The van der Waals surface area contributed by atoms with Crippen molar-refractivity contribution >= 4 is 17.2 Å². The number of methoxy groups -OCH3 is 1. The van der Waals surface area contributed by atoms with Crippen LogP contribution in [0.15, 0.2) is 6.07 Å². The van der Waals surface area contributed by atoms with E-state index in [1.165, 1.54) is 5.56 Å². The average Bonchev–Trinajstić information content (AvgIpc) is 2.93. The van der Waals surface area contributed by atoms with Crippen LogP contribution in [0.2, 0.25) is 0 Å². The number of nitrogens with two attached hydrogens (primary N) is 1. The number of aromatic nitrogens is 1. The molecule has 2 atom stereocenters. The molecule has 2 unspecified atom stereocenters. The second kappa shape index (κ2) is 6.28. The Balaban J connectivity index is 1.82. The monoisotopic (exact) mass is 306 g/mol. The van der Waals surface area contributed by atoms with Crippen LogP contribution in [0.5, 0.6) is 5.88 Å². The summed E-state index contributed by atoms with van der Waals surface area (Å²) in [7, 11) is 1.77. The summed E-state index contributed by atoms with van der Waals surface area (Å²) >= 11 is 5.17. The molecule has 0 aromatic carbocycles. The lowest BCUT2D eigenvalue weighted by Gasteiger charge is -2.29. The maximum Gasteiger partial charge on any atom is 0.224 e. The van der Waals surface area contributed by atoms with E-state index in [2.05, 4.69) is 11.1 Å². The molecular formula is C16H22N2O2S. The largest absolute Gasteiger partial charge is 0.474 e. The van der Waals surface area contributed by atoms with Gasteiger partial charge in [0.15, 0.2) is 0 Å². The van der Waals surface area contributed by atoms with Crippen LogP contribution in [-0.2, 0) is 17.6 Å². The first-order valence-electron chi connectivity index (χ1n) is 7.69. The van der Waals surface area contributed by atoms with E-state index < -0.39 is 0 Å². The lowest BCUT2D eigenvalue weighted by atomic mass is 9.95. The standard InChI is InChI=1S/C16H22N2O2S/c1-19-11-5-3-6-12(9-11)20-16-13(15(17)21)8-10-4-2-7-14(10)18-16/h8,11-12H,2-7,9H2,1H3,(H2,17,21). The van der Waals surface area contributed by atoms with Gasteiger partial charge in [0.05, 0.1) is 11.7 Å². The molecule has 1 aromatic rings. The molecule has 1 fully saturated rings. The van der Waals surface area contributed by atoms with Gasteiger partial charge in [-0.25, -0.2) is 4.98 Å². The van der Waals surface area contributed by atoms with E-state index in [9.17, 15) is 0 Å². The van der Waals surface area contributed by atoms with Gasteiger partial charge in [-0.3, -0.25) is 0 Å². The summed E-state index contributed by atoms with van der Waals surface area (Å²) in [5, 5.41) is 0. The Morgan fingerprint density at radius 3 is 2.86 bits per heavy atom. The van der Waals surface area contributed by atoms with Gasteiger partial charge in [0.2, 0.25) is 5.88 Å². The third-order valence-corrected chi connectivity index (χ3v) is 4.69. The Morgan fingerprint density at radius 2 is 2.10 bits per heavy atom. The minimum Gasteiger partial charge on any atom is -0.474 e. The van der Waals surface area contributed by atoms with Crippen molar-refractivity contribution in [2.75, 3.05) is 7.11 Å². The molecule has 2 aliphatic carbocycles. The number of aryl methyl sites for hydroxylation is 2. The molecule has 2 aliphatic rings. The summed E-state index contributed by atoms with van der Waals surface area (Å²) in [5.41, 5.74) is 9.05. The predicted octanol–water partition coefficient (Wildman–Crippen LogP) is 2.54. The number of pyridine rings is 1. The van der Waals surface area contributed by atoms with Gasteiger partial charge < -0.3 is 15.2 Å².